The molecule has 0 spiro atoms. The van der Waals surface area contributed by atoms with Gasteiger partial charge in [-0.1, -0.05) is 13.8 Å². The van der Waals surface area contributed by atoms with E-state index in [1.165, 1.54) is 13.1 Å². The van der Waals surface area contributed by atoms with Gasteiger partial charge in [0.15, 0.2) is 5.03 Å². The van der Waals surface area contributed by atoms with Gasteiger partial charge < -0.3 is 9.67 Å². The van der Waals surface area contributed by atoms with Crippen LogP contribution in [0.2, 0.25) is 0 Å². The van der Waals surface area contributed by atoms with Crippen LogP contribution in [-0.2, 0) is 21.9 Å². The second-order valence-electron chi connectivity index (χ2n) is 4.38. The first kappa shape index (κ1) is 14.7. The summed E-state index contributed by atoms with van der Waals surface area (Å²) in [7, 11) is -2.21. The Balaban J connectivity index is 3.06. The normalized spacial score (nSPS) is 13.8. The van der Waals surface area contributed by atoms with Gasteiger partial charge in [0, 0.05) is 19.2 Å². The largest absolute Gasteiger partial charge is 0.480 e. The highest BCUT2D eigenvalue weighted by Gasteiger charge is 2.25. The van der Waals surface area contributed by atoms with Crippen LogP contribution in [0.25, 0.3) is 0 Å². The van der Waals surface area contributed by atoms with E-state index in [0.29, 0.717) is 5.82 Å². The van der Waals surface area contributed by atoms with E-state index in [1.807, 2.05) is 18.6 Å². The molecule has 1 aromatic heterocycles. The van der Waals surface area contributed by atoms with Gasteiger partial charge in [-0.2, -0.15) is 4.72 Å². The van der Waals surface area contributed by atoms with Gasteiger partial charge in [0.2, 0.25) is 0 Å². The molecule has 18 heavy (non-hydrogen) atoms. The maximum absolute atomic E-state index is 11.9. The second-order valence-corrected chi connectivity index (χ2v) is 6.05. The van der Waals surface area contributed by atoms with Crippen molar-refractivity contribution in [3.05, 3.63) is 12.0 Å². The average Bonchev–Trinajstić information content (AvgIpc) is 2.60. The lowest BCUT2D eigenvalue weighted by Gasteiger charge is -2.07. The molecule has 0 saturated heterocycles. The summed E-state index contributed by atoms with van der Waals surface area (Å²) in [5.41, 5.74) is 0. The van der Waals surface area contributed by atoms with Gasteiger partial charge >= 0.3 is 5.97 Å². The van der Waals surface area contributed by atoms with Crippen molar-refractivity contribution < 1.29 is 18.3 Å². The molecular weight excluding hydrogens is 258 g/mol. The SMILES string of the molecule is CC(C)c1nc(S(=O)(=O)N[C@H](C)C(=O)O)cn1C. The summed E-state index contributed by atoms with van der Waals surface area (Å²) in [6.45, 7) is 5.05. The third kappa shape index (κ3) is 3.08. The smallest absolute Gasteiger partial charge is 0.321 e. The molecule has 0 radical (unpaired) electrons. The second kappa shape index (κ2) is 5.07. The summed E-state index contributed by atoms with van der Waals surface area (Å²) in [6, 6.07) is -1.19. The van der Waals surface area contributed by atoms with E-state index in [9.17, 15) is 13.2 Å². The minimum Gasteiger partial charge on any atom is -0.480 e. The minimum atomic E-state index is -3.90. The molecule has 2 N–H and O–H groups in total. The van der Waals surface area contributed by atoms with Crippen molar-refractivity contribution in [2.45, 2.75) is 37.8 Å². The molecule has 0 bridgehead atoms. The maximum Gasteiger partial charge on any atom is 0.321 e. The highest BCUT2D eigenvalue weighted by molar-refractivity contribution is 7.89. The molecule has 8 heteroatoms. The summed E-state index contributed by atoms with van der Waals surface area (Å²) in [6.07, 6.45) is 1.37. The van der Waals surface area contributed by atoms with Crippen LogP contribution in [0.1, 0.15) is 32.5 Å². The fourth-order valence-corrected chi connectivity index (χ4v) is 2.66. The number of aromatic nitrogens is 2. The molecule has 1 heterocycles. The standard InChI is InChI=1S/C10H17N3O4S/c1-6(2)9-11-8(5-13(9)4)18(16,17)12-7(3)10(14)15/h5-7,12H,1-4H3,(H,14,15)/t7-/m1/s1. The summed E-state index contributed by atoms with van der Waals surface area (Å²) >= 11 is 0. The Kier molecular flexibility index (Phi) is 4.12. The van der Waals surface area contributed by atoms with Gasteiger partial charge in [-0.15, -0.1) is 0 Å². The van der Waals surface area contributed by atoms with Crippen molar-refractivity contribution in [2.24, 2.45) is 7.05 Å². The molecule has 1 rings (SSSR count). The lowest BCUT2D eigenvalue weighted by Crippen LogP contribution is -2.38. The molecule has 0 aliphatic heterocycles. The summed E-state index contributed by atoms with van der Waals surface area (Å²) < 4.78 is 27.4. The lowest BCUT2D eigenvalue weighted by molar-refractivity contribution is -0.138. The lowest BCUT2D eigenvalue weighted by atomic mass is 10.2. The van der Waals surface area contributed by atoms with E-state index >= 15 is 0 Å². The predicted molar refractivity (Wildman–Crippen MR) is 64.7 cm³/mol. The number of aliphatic carboxylic acids is 1. The molecule has 102 valence electrons. The Hall–Kier alpha value is -1.41. The van der Waals surface area contributed by atoms with E-state index < -0.39 is 22.0 Å². The Bertz CT molecular complexity index is 547. The highest BCUT2D eigenvalue weighted by atomic mass is 32.2. The molecule has 0 aromatic carbocycles. The molecule has 1 aromatic rings. The van der Waals surface area contributed by atoms with Crippen LogP contribution in [-0.4, -0.2) is 35.1 Å². The fraction of sp³-hybridized carbons (Fsp3) is 0.600. The highest BCUT2D eigenvalue weighted by Crippen LogP contribution is 2.16. The van der Waals surface area contributed by atoms with Gasteiger partial charge in [0.1, 0.15) is 11.9 Å². The molecule has 0 amide bonds. The fourth-order valence-electron chi connectivity index (χ4n) is 1.46. The number of sulfonamides is 1. The van der Waals surface area contributed by atoms with E-state index in [-0.39, 0.29) is 10.9 Å². The van der Waals surface area contributed by atoms with Crippen molar-refractivity contribution in [3.8, 4) is 0 Å². The Morgan fingerprint density at radius 1 is 1.44 bits per heavy atom. The molecule has 0 unspecified atom stereocenters. The first-order chi connectivity index (χ1) is 8.15. The number of carboxylic acid groups (broad SMARTS) is 1. The van der Waals surface area contributed by atoms with E-state index in [0.717, 1.165) is 0 Å². The van der Waals surface area contributed by atoms with Crippen molar-refractivity contribution in [3.63, 3.8) is 0 Å². The zero-order valence-electron chi connectivity index (χ0n) is 10.7. The number of nitrogens with one attached hydrogen (secondary N) is 1. The minimum absolute atomic E-state index is 0.0795. The van der Waals surface area contributed by atoms with Gasteiger partial charge in [0.25, 0.3) is 10.0 Å². The van der Waals surface area contributed by atoms with Gasteiger partial charge in [0.05, 0.1) is 0 Å². The van der Waals surface area contributed by atoms with Crippen LogP contribution in [0.15, 0.2) is 11.2 Å². The Morgan fingerprint density at radius 3 is 2.39 bits per heavy atom. The first-order valence-electron chi connectivity index (χ1n) is 5.43. The Labute approximate surface area is 106 Å². The van der Waals surface area contributed by atoms with Crippen molar-refractivity contribution >= 4 is 16.0 Å². The summed E-state index contributed by atoms with van der Waals surface area (Å²) in [5.74, 6) is -0.534. The van der Waals surface area contributed by atoms with Crippen LogP contribution in [0.5, 0.6) is 0 Å². The maximum atomic E-state index is 11.9. The molecule has 0 aliphatic rings. The number of nitrogens with zero attached hydrogens (tertiary/aromatic N) is 2. The monoisotopic (exact) mass is 275 g/mol. The van der Waals surface area contributed by atoms with Crippen molar-refractivity contribution in [2.75, 3.05) is 0 Å². The molecule has 7 nitrogen and oxygen atoms in total. The Morgan fingerprint density at radius 2 is 2.00 bits per heavy atom. The average molecular weight is 275 g/mol. The molecule has 0 saturated carbocycles. The number of carboxylic acids is 1. The third-order valence-electron chi connectivity index (χ3n) is 2.38. The van der Waals surface area contributed by atoms with Crippen LogP contribution in [0.3, 0.4) is 0 Å². The zero-order valence-corrected chi connectivity index (χ0v) is 11.5. The van der Waals surface area contributed by atoms with Gasteiger partial charge in [-0.3, -0.25) is 4.79 Å². The van der Waals surface area contributed by atoms with E-state index in [1.54, 1.807) is 11.6 Å². The van der Waals surface area contributed by atoms with Crippen LogP contribution in [0, 0.1) is 0 Å². The third-order valence-corrected chi connectivity index (χ3v) is 3.80. The van der Waals surface area contributed by atoms with Crippen LogP contribution in [0.4, 0.5) is 0 Å². The van der Waals surface area contributed by atoms with Crippen LogP contribution < -0.4 is 4.72 Å². The van der Waals surface area contributed by atoms with Crippen molar-refractivity contribution in [1.29, 1.82) is 0 Å². The van der Waals surface area contributed by atoms with Gasteiger partial charge in [-0.05, 0) is 6.92 Å². The molecule has 0 aliphatic carbocycles. The number of carbonyl (C=O) groups is 1. The van der Waals surface area contributed by atoms with E-state index in [2.05, 4.69) is 4.98 Å². The van der Waals surface area contributed by atoms with Crippen molar-refractivity contribution in [1.82, 2.24) is 14.3 Å². The quantitative estimate of drug-likeness (QED) is 0.804. The molecule has 0 fully saturated rings. The van der Waals surface area contributed by atoms with Gasteiger partial charge in [-0.25, -0.2) is 13.4 Å². The molecular formula is C10H17N3O4S. The number of imidazole rings is 1. The number of aryl methyl sites for hydroxylation is 1. The topological polar surface area (TPSA) is 101 Å². The van der Waals surface area contributed by atoms with Crippen LogP contribution >= 0.6 is 0 Å². The first-order valence-corrected chi connectivity index (χ1v) is 6.92. The zero-order chi connectivity index (χ0) is 14.1. The summed E-state index contributed by atoms with van der Waals surface area (Å²) in [5, 5.41) is 8.52. The number of hydrogen-bond donors (Lipinski definition) is 2. The van der Waals surface area contributed by atoms with E-state index in [4.69, 9.17) is 5.11 Å². The number of rotatable bonds is 5. The molecule has 1 atom stereocenters. The number of hydrogen-bond acceptors (Lipinski definition) is 4. The predicted octanol–water partition coefficient (Wildman–Crippen LogP) is 0.295. The summed E-state index contributed by atoms with van der Waals surface area (Å²) in [4.78, 5) is 14.6.